The topological polar surface area (TPSA) is 79.4 Å². The molecule has 9 heteroatoms. The molecule has 0 aliphatic heterocycles. The minimum atomic E-state index is -3.79. The fourth-order valence-corrected chi connectivity index (χ4v) is 5.22. The first-order valence-corrected chi connectivity index (χ1v) is 11.0. The maximum atomic E-state index is 14.3. The Bertz CT molecular complexity index is 1140. The highest BCUT2D eigenvalue weighted by molar-refractivity contribution is 7.89. The van der Waals surface area contributed by atoms with Gasteiger partial charge in [-0.1, -0.05) is 13.8 Å². The average Bonchev–Trinajstić information content (AvgIpc) is 3.01. The molecule has 2 aromatic carbocycles. The van der Waals surface area contributed by atoms with E-state index in [4.69, 9.17) is 0 Å². The highest BCUT2D eigenvalue weighted by Crippen LogP contribution is 2.26. The van der Waals surface area contributed by atoms with E-state index in [-0.39, 0.29) is 23.5 Å². The lowest BCUT2D eigenvalue weighted by Crippen LogP contribution is -2.31. The van der Waals surface area contributed by atoms with Crippen molar-refractivity contribution in [1.82, 2.24) is 9.29 Å². The Morgan fingerprint density at radius 2 is 1.89 bits per heavy atom. The van der Waals surface area contributed by atoms with Gasteiger partial charge in [-0.3, -0.25) is 4.79 Å². The number of benzene rings is 2. The molecule has 1 N–H and O–H groups in total. The van der Waals surface area contributed by atoms with Crippen LogP contribution in [0.5, 0.6) is 0 Å². The Labute approximate surface area is 167 Å². The molecule has 0 saturated carbocycles. The van der Waals surface area contributed by atoms with E-state index in [1.165, 1.54) is 21.7 Å². The van der Waals surface area contributed by atoms with Crippen LogP contribution < -0.4 is 5.32 Å². The second kappa shape index (κ2) is 7.94. The number of halogens is 1. The average molecular weight is 422 g/mol. The van der Waals surface area contributed by atoms with Gasteiger partial charge in [0.1, 0.15) is 5.82 Å². The van der Waals surface area contributed by atoms with Gasteiger partial charge in [0.25, 0.3) is 5.91 Å². The molecule has 0 saturated heterocycles. The lowest BCUT2D eigenvalue weighted by molar-refractivity contribution is 0.102. The zero-order valence-corrected chi connectivity index (χ0v) is 17.3. The minimum Gasteiger partial charge on any atom is -0.322 e. The SMILES string of the molecule is CCN(CC)S(=O)(=O)c1ccc(F)c(C(=O)Nc2ccc3nc(C)sc3c2)c1. The summed E-state index contributed by atoms with van der Waals surface area (Å²) in [6.45, 7) is 5.89. The maximum absolute atomic E-state index is 14.3. The van der Waals surface area contributed by atoms with Crippen LogP contribution in [0, 0.1) is 12.7 Å². The normalized spacial score (nSPS) is 11.9. The zero-order chi connectivity index (χ0) is 20.5. The summed E-state index contributed by atoms with van der Waals surface area (Å²) >= 11 is 1.49. The van der Waals surface area contributed by atoms with Crippen molar-refractivity contribution in [3.8, 4) is 0 Å². The highest BCUT2D eigenvalue weighted by Gasteiger charge is 2.24. The van der Waals surface area contributed by atoms with E-state index >= 15 is 0 Å². The van der Waals surface area contributed by atoms with E-state index in [9.17, 15) is 17.6 Å². The molecule has 3 rings (SSSR count). The number of nitrogens with one attached hydrogen (secondary N) is 1. The second-order valence-electron chi connectivity index (χ2n) is 6.10. The molecule has 0 aliphatic rings. The summed E-state index contributed by atoms with van der Waals surface area (Å²) in [6, 6.07) is 8.45. The summed E-state index contributed by atoms with van der Waals surface area (Å²) in [4.78, 5) is 16.8. The van der Waals surface area contributed by atoms with Gasteiger partial charge in [-0.2, -0.15) is 4.31 Å². The van der Waals surface area contributed by atoms with Crippen LogP contribution in [0.4, 0.5) is 10.1 Å². The van der Waals surface area contributed by atoms with Crippen molar-refractivity contribution in [2.24, 2.45) is 0 Å². The Morgan fingerprint density at radius 3 is 2.57 bits per heavy atom. The van der Waals surface area contributed by atoms with Crippen LogP contribution in [0.3, 0.4) is 0 Å². The van der Waals surface area contributed by atoms with E-state index in [0.717, 1.165) is 27.4 Å². The molecule has 0 atom stereocenters. The molecule has 0 unspecified atom stereocenters. The van der Waals surface area contributed by atoms with Gasteiger partial charge in [-0.25, -0.2) is 17.8 Å². The van der Waals surface area contributed by atoms with Crippen LogP contribution in [0.15, 0.2) is 41.3 Å². The summed E-state index contributed by atoms with van der Waals surface area (Å²) in [5.41, 5.74) is 0.977. The molecule has 0 spiro atoms. The number of aryl methyl sites for hydroxylation is 1. The number of hydrogen-bond acceptors (Lipinski definition) is 5. The Balaban J connectivity index is 1.92. The molecule has 1 heterocycles. The highest BCUT2D eigenvalue weighted by atomic mass is 32.2. The number of hydrogen-bond donors (Lipinski definition) is 1. The third-order valence-electron chi connectivity index (χ3n) is 4.28. The number of thiazole rings is 1. The molecule has 148 valence electrons. The van der Waals surface area contributed by atoms with Gasteiger partial charge >= 0.3 is 0 Å². The first kappa shape index (κ1) is 20.4. The number of anilines is 1. The second-order valence-corrected chi connectivity index (χ2v) is 9.27. The molecule has 1 aromatic heterocycles. The number of rotatable bonds is 6. The van der Waals surface area contributed by atoms with Crippen LogP contribution in [0.2, 0.25) is 0 Å². The fraction of sp³-hybridized carbons (Fsp3) is 0.263. The van der Waals surface area contributed by atoms with Gasteiger partial charge in [-0.15, -0.1) is 11.3 Å². The van der Waals surface area contributed by atoms with Gasteiger partial charge < -0.3 is 5.32 Å². The monoisotopic (exact) mass is 421 g/mol. The smallest absolute Gasteiger partial charge is 0.258 e. The molecular weight excluding hydrogens is 401 g/mol. The predicted molar refractivity (Wildman–Crippen MR) is 109 cm³/mol. The van der Waals surface area contributed by atoms with Crippen molar-refractivity contribution < 1.29 is 17.6 Å². The molecule has 3 aromatic rings. The zero-order valence-electron chi connectivity index (χ0n) is 15.7. The summed E-state index contributed by atoms with van der Waals surface area (Å²) in [5.74, 6) is -1.50. The molecule has 0 radical (unpaired) electrons. The molecular formula is C19H20FN3O3S2. The summed E-state index contributed by atoms with van der Waals surface area (Å²) in [6.07, 6.45) is 0. The van der Waals surface area contributed by atoms with Crippen LogP contribution in [-0.2, 0) is 10.0 Å². The predicted octanol–water partition coefficient (Wildman–Crippen LogP) is 4.03. The molecule has 0 aliphatic carbocycles. The number of sulfonamides is 1. The number of aromatic nitrogens is 1. The minimum absolute atomic E-state index is 0.115. The van der Waals surface area contributed by atoms with Gasteiger partial charge in [0.2, 0.25) is 10.0 Å². The first-order valence-electron chi connectivity index (χ1n) is 8.74. The van der Waals surface area contributed by atoms with Crippen molar-refractivity contribution in [3.63, 3.8) is 0 Å². The fourth-order valence-electron chi connectivity index (χ4n) is 2.87. The lowest BCUT2D eigenvalue weighted by atomic mass is 10.2. The lowest BCUT2D eigenvalue weighted by Gasteiger charge is -2.19. The first-order chi connectivity index (χ1) is 13.3. The maximum Gasteiger partial charge on any atom is 0.258 e. The van der Waals surface area contributed by atoms with Crippen LogP contribution in [0.1, 0.15) is 29.2 Å². The summed E-state index contributed by atoms with van der Waals surface area (Å²) in [5, 5.41) is 3.53. The molecule has 1 amide bonds. The summed E-state index contributed by atoms with van der Waals surface area (Å²) < 4.78 is 41.7. The van der Waals surface area contributed by atoms with E-state index in [0.29, 0.717) is 5.69 Å². The van der Waals surface area contributed by atoms with E-state index in [1.54, 1.807) is 32.0 Å². The number of fused-ring (bicyclic) bond motifs is 1. The quantitative estimate of drug-likeness (QED) is 0.652. The van der Waals surface area contributed by atoms with Crippen LogP contribution >= 0.6 is 11.3 Å². The van der Waals surface area contributed by atoms with Gasteiger partial charge in [-0.05, 0) is 43.3 Å². The van der Waals surface area contributed by atoms with Gasteiger partial charge in [0, 0.05) is 18.8 Å². The Hall–Kier alpha value is -2.36. The van der Waals surface area contributed by atoms with E-state index < -0.39 is 21.7 Å². The van der Waals surface area contributed by atoms with Crippen molar-refractivity contribution in [2.75, 3.05) is 18.4 Å². The molecule has 28 heavy (non-hydrogen) atoms. The van der Waals surface area contributed by atoms with Crippen molar-refractivity contribution >= 4 is 43.2 Å². The third-order valence-corrected chi connectivity index (χ3v) is 7.26. The molecule has 0 bridgehead atoms. The Morgan fingerprint density at radius 1 is 1.18 bits per heavy atom. The largest absolute Gasteiger partial charge is 0.322 e. The van der Waals surface area contributed by atoms with E-state index in [2.05, 4.69) is 10.3 Å². The number of nitrogens with zero attached hydrogens (tertiary/aromatic N) is 2. The van der Waals surface area contributed by atoms with Crippen molar-refractivity contribution in [1.29, 1.82) is 0 Å². The van der Waals surface area contributed by atoms with Crippen LogP contribution in [0.25, 0.3) is 10.2 Å². The van der Waals surface area contributed by atoms with Crippen LogP contribution in [-0.4, -0.2) is 36.7 Å². The Kier molecular flexibility index (Phi) is 5.78. The van der Waals surface area contributed by atoms with Crippen molar-refractivity contribution in [2.45, 2.75) is 25.7 Å². The summed E-state index contributed by atoms with van der Waals surface area (Å²) in [7, 11) is -3.79. The third kappa shape index (κ3) is 3.91. The standard InChI is InChI=1S/C19H20FN3O3S2/c1-4-23(5-2)28(25,26)14-7-8-16(20)15(11-14)19(24)22-13-6-9-17-18(10-13)27-12(3)21-17/h6-11H,4-5H2,1-3H3,(H,22,24). The number of carbonyl (C=O) groups excluding carboxylic acids is 1. The van der Waals surface area contributed by atoms with Gasteiger partial charge in [0.05, 0.1) is 25.7 Å². The number of amides is 1. The molecule has 6 nitrogen and oxygen atoms in total. The van der Waals surface area contributed by atoms with Crippen molar-refractivity contribution in [3.05, 3.63) is 52.8 Å². The molecule has 0 fully saturated rings. The van der Waals surface area contributed by atoms with Gasteiger partial charge in [0.15, 0.2) is 0 Å². The van der Waals surface area contributed by atoms with E-state index in [1.807, 2.05) is 6.92 Å². The number of carbonyl (C=O) groups is 1.